The first kappa shape index (κ1) is 18.3. The van der Waals surface area contributed by atoms with Gasteiger partial charge in [-0.3, -0.25) is 20.4 Å². The molecule has 1 aromatic heterocycles. The Morgan fingerprint density at radius 2 is 1.89 bits per heavy atom. The number of amides is 1. The fourth-order valence-electron chi connectivity index (χ4n) is 3.50. The van der Waals surface area contributed by atoms with E-state index in [-0.39, 0.29) is 11.5 Å². The van der Waals surface area contributed by atoms with Gasteiger partial charge in [0.25, 0.3) is 11.5 Å². The number of nitrogens with zero attached hydrogens (tertiary/aromatic N) is 2. The third-order valence-electron chi connectivity index (χ3n) is 5.09. The van der Waals surface area contributed by atoms with E-state index in [1.54, 1.807) is 30.3 Å². The van der Waals surface area contributed by atoms with Crippen LogP contribution in [0.3, 0.4) is 0 Å². The second-order valence-electron chi connectivity index (χ2n) is 7.07. The zero-order chi connectivity index (χ0) is 19.5. The zero-order valence-electron chi connectivity index (χ0n) is 15.7. The monoisotopic (exact) mass is 377 g/mol. The van der Waals surface area contributed by atoms with Crippen molar-refractivity contribution in [2.24, 2.45) is 5.92 Å². The van der Waals surface area contributed by atoms with Crippen LogP contribution in [-0.2, 0) is 0 Å². The summed E-state index contributed by atoms with van der Waals surface area (Å²) in [5, 5.41) is 8.86. The smallest absolute Gasteiger partial charge is 0.279 e. The maximum Gasteiger partial charge on any atom is 0.279 e. The van der Waals surface area contributed by atoms with Gasteiger partial charge >= 0.3 is 0 Å². The minimum Gasteiger partial charge on any atom is -0.352 e. The van der Waals surface area contributed by atoms with Crippen molar-refractivity contribution in [3.05, 3.63) is 70.1 Å². The van der Waals surface area contributed by atoms with Gasteiger partial charge in [-0.1, -0.05) is 24.3 Å². The van der Waals surface area contributed by atoms with E-state index in [2.05, 4.69) is 21.3 Å². The Hall–Kier alpha value is -3.03. The van der Waals surface area contributed by atoms with Crippen LogP contribution < -0.4 is 21.7 Å². The van der Waals surface area contributed by atoms with E-state index in [0.717, 1.165) is 30.6 Å². The number of aryl methyl sites for hydroxylation is 1. The van der Waals surface area contributed by atoms with Crippen LogP contribution in [0.2, 0.25) is 0 Å². The molecule has 0 radical (unpaired) electrons. The molecule has 1 aliphatic heterocycles. The van der Waals surface area contributed by atoms with Gasteiger partial charge in [0.1, 0.15) is 0 Å². The summed E-state index contributed by atoms with van der Waals surface area (Å²) in [5.74, 6) is 0.376. The molecule has 3 aromatic rings. The molecule has 0 spiro atoms. The van der Waals surface area contributed by atoms with Gasteiger partial charge in [0.05, 0.1) is 16.8 Å². The number of rotatable bonds is 5. The molecule has 2 aromatic carbocycles. The molecular formula is C21H23N5O2. The summed E-state index contributed by atoms with van der Waals surface area (Å²) in [6.07, 6.45) is 0.913. The number of fused-ring (bicyclic) bond motifs is 1. The van der Waals surface area contributed by atoms with E-state index >= 15 is 0 Å². The summed E-state index contributed by atoms with van der Waals surface area (Å²) >= 11 is 0. The van der Waals surface area contributed by atoms with Crippen molar-refractivity contribution in [1.29, 1.82) is 0 Å². The van der Waals surface area contributed by atoms with Crippen molar-refractivity contribution in [2.75, 3.05) is 19.6 Å². The highest BCUT2D eigenvalue weighted by Crippen LogP contribution is 2.15. The maximum absolute atomic E-state index is 12.9. The molecule has 144 valence electrons. The van der Waals surface area contributed by atoms with Crippen LogP contribution in [0.1, 0.15) is 22.5 Å². The molecule has 1 fully saturated rings. The van der Waals surface area contributed by atoms with Crippen molar-refractivity contribution in [1.82, 2.24) is 25.9 Å². The number of carbonyl (C=O) groups is 1. The third kappa shape index (κ3) is 3.67. The standard InChI is InChI=1S/C21H23N5O2/c1-14-18-7-2-3-8-19(18)21(28)26(25-14)17-6-4-5-16(11-17)20(27)22-10-9-15-12-23-24-13-15/h2-8,11,15,23-24H,9-10,12-13H2,1H3,(H,22,27). The Bertz CT molecular complexity index is 1070. The van der Waals surface area contributed by atoms with Crippen LogP contribution in [0.4, 0.5) is 0 Å². The van der Waals surface area contributed by atoms with Crippen LogP contribution in [0.15, 0.2) is 53.3 Å². The Morgan fingerprint density at radius 3 is 2.68 bits per heavy atom. The van der Waals surface area contributed by atoms with Gasteiger partial charge in [0.15, 0.2) is 0 Å². The summed E-state index contributed by atoms with van der Waals surface area (Å²) in [7, 11) is 0. The lowest BCUT2D eigenvalue weighted by atomic mass is 10.1. The van der Waals surface area contributed by atoms with Gasteiger partial charge < -0.3 is 5.32 Å². The van der Waals surface area contributed by atoms with Gasteiger partial charge in [0.2, 0.25) is 0 Å². The van der Waals surface area contributed by atoms with E-state index < -0.39 is 0 Å². The lowest BCUT2D eigenvalue weighted by Gasteiger charge is -2.11. The van der Waals surface area contributed by atoms with Crippen molar-refractivity contribution in [3.63, 3.8) is 0 Å². The molecule has 2 heterocycles. The summed E-state index contributed by atoms with van der Waals surface area (Å²) in [6, 6.07) is 14.4. The molecule has 1 aliphatic rings. The molecule has 28 heavy (non-hydrogen) atoms. The summed E-state index contributed by atoms with van der Waals surface area (Å²) < 4.78 is 1.37. The van der Waals surface area contributed by atoms with Crippen LogP contribution >= 0.6 is 0 Å². The van der Waals surface area contributed by atoms with Gasteiger partial charge in [0, 0.05) is 30.6 Å². The molecule has 1 saturated heterocycles. The van der Waals surface area contributed by atoms with Crippen molar-refractivity contribution >= 4 is 16.7 Å². The molecular weight excluding hydrogens is 354 g/mol. The molecule has 4 rings (SSSR count). The fourth-order valence-corrected chi connectivity index (χ4v) is 3.50. The minimum atomic E-state index is -0.194. The van der Waals surface area contributed by atoms with Crippen LogP contribution in [0.25, 0.3) is 16.5 Å². The van der Waals surface area contributed by atoms with Crippen molar-refractivity contribution in [3.8, 4) is 5.69 Å². The summed E-state index contributed by atoms with van der Waals surface area (Å²) in [5.41, 5.74) is 7.84. The van der Waals surface area contributed by atoms with E-state index in [4.69, 9.17) is 0 Å². The number of carbonyl (C=O) groups excluding carboxylic acids is 1. The largest absolute Gasteiger partial charge is 0.352 e. The molecule has 0 bridgehead atoms. The molecule has 0 unspecified atom stereocenters. The second-order valence-corrected chi connectivity index (χ2v) is 7.07. The Labute approximate surface area is 162 Å². The molecule has 1 amide bonds. The Morgan fingerprint density at radius 1 is 1.14 bits per heavy atom. The Balaban J connectivity index is 1.57. The van der Waals surface area contributed by atoms with Gasteiger partial charge in [-0.2, -0.15) is 9.78 Å². The average molecular weight is 377 g/mol. The maximum atomic E-state index is 12.9. The predicted octanol–water partition coefficient (Wildman–Crippen LogP) is 1.54. The number of hydrogen-bond acceptors (Lipinski definition) is 5. The first-order valence-corrected chi connectivity index (χ1v) is 9.46. The highest BCUT2D eigenvalue weighted by atomic mass is 16.1. The molecule has 7 nitrogen and oxygen atoms in total. The lowest BCUT2D eigenvalue weighted by molar-refractivity contribution is 0.0952. The number of hydrogen-bond donors (Lipinski definition) is 3. The summed E-state index contributed by atoms with van der Waals surface area (Å²) in [4.78, 5) is 25.4. The zero-order valence-corrected chi connectivity index (χ0v) is 15.7. The predicted molar refractivity (Wildman–Crippen MR) is 109 cm³/mol. The Kier molecular flexibility index (Phi) is 5.18. The minimum absolute atomic E-state index is 0.147. The van der Waals surface area contributed by atoms with E-state index in [1.807, 2.05) is 25.1 Å². The molecule has 0 atom stereocenters. The molecule has 7 heteroatoms. The van der Waals surface area contributed by atoms with Gasteiger partial charge in [-0.05, 0) is 43.5 Å². The lowest BCUT2D eigenvalue weighted by Crippen LogP contribution is -2.27. The number of nitrogens with one attached hydrogen (secondary N) is 3. The summed E-state index contributed by atoms with van der Waals surface area (Å²) in [6.45, 7) is 4.33. The molecule has 3 N–H and O–H groups in total. The SMILES string of the molecule is Cc1nn(-c2cccc(C(=O)NCCC3CNNC3)c2)c(=O)c2ccccc12. The van der Waals surface area contributed by atoms with Gasteiger partial charge in [-0.15, -0.1) is 0 Å². The first-order chi connectivity index (χ1) is 13.6. The van der Waals surface area contributed by atoms with Crippen LogP contribution in [-0.4, -0.2) is 35.3 Å². The highest BCUT2D eigenvalue weighted by molar-refractivity contribution is 5.94. The molecule has 0 aliphatic carbocycles. The quantitative estimate of drug-likeness (QED) is 0.628. The number of benzene rings is 2. The van der Waals surface area contributed by atoms with Crippen molar-refractivity contribution < 1.29 is 4.79 Å². The van der Waals surface area contributed by atoms with Crippen LogP contribution in [0.5, 0.6) is 0 Å². The highest BCUT2D eigenvalue weighted by Gasteiger charge is 2.15. The number of hydrazine groups is 1. The molecule has 0 saturated carbocycles. The van der Waals surface area contributed by atoms with Crippen LogP contribution in [0, 0.1) is 12.8 Å². The first-order valence-electron chi connectivity index (χ1n) is 9.46. The average Bonchev–Trinajstić information content (AvgIpc) is 3.24. The number of aromatic nitrogens is 2. The third-order valence-corrected chi connectivity index (χ3v) is 5.09. The van der Waals surface area contributed by atoms with Crippen molar-refractivity contribution in [2.45, 2.75) is 13.3 Å². The normalized spacial score (nSPS) is 14.5. The van der Waals surface area contributed by atoms with Gasteiger partial charge in [-0.25, -0.2) is 0 Å². The van der Waals surface area contributed by atoms with E-state index in [9.17, 15) is 9.59 Å². The van der Waals surface area contributed by atoms with E-state index in [0.29, 0.717) is 29.1 Å². The van der Waals surface area contributed by atoms with E-state index in [1.165, 1.54) is 4.68 Å². The fraction of sp³-hybridized carbons (Fsp3) is 0.286. The topological polar surface area (TPSA) is 88.1 Å². The second kappa shape index (κ2) is 7.92.